The molecule has 2 N–H and O–H groups in total. The van der Waals surface area contributed by atoms with Crippen LogP contribution >= 0.6 is 0 Å². The molecule has 1 unspecified atom stereocenters. The van der Waals surface area contributed by atoms with Crippen molar-refractivity contribution in [3.05, 3.63) is 58.1 Å². The molecule has 150 valence electrons. The van der Waals surface area contributed by atoms with Gasteiger partial charge in [0.25, 0.3) is 5.91 Å². The first-order valence-electron chi connectivity index (χ1n) is 9.80. The molecular formula is C23H30N2O3. The molecule has 0 aromatic heterocycles. The maximum Gasteiger partial charge on any atom is 0.255 e. The number of hydrogen-bond acceptors (Lipinski definition) is 4. The first-order chi connectivity index (χ1) is 13.3. The van der Waals surface area contributed by atoms with E-state index in [0.717, 1.165) is 30.8 Å². The molecule has 1 saturated heterocycles. The van der Waals surface area contributed by atoms with E-state index in [2.05, 4.69) is 37.1 Å². The van der Waals surface area contributed by atoms with Gasteiger partial charge in [0.15, 0.2) is 0 Å². The highest BCUT2D eigenvalue weighted by atomic mass is 16.5. The SMILES string of the molecule is COc1ccc(C(C)N2CC[C@@H](NC(=O)c3ccc(C)cc3O)C2)c(C)c1C. The quantitative estimate of drug-likeness (QED) is 0.824. The summed E-state index contributed by atoms with van der Waals surface area (Å²) in [5.41, 5.74) is 4.98. The number of rotatable bonds is 5. The fourth-order valence-electron chi connectivity index (χ4n) is 4.04. The van der Waals surface area contributed by atoms with Crippen molar-refractivity contribution in [2.45, 2.75) is 46.2 Å². The van der Waals surface area contributed by atoms with Crippen molar-refractivity contribution < 1.29 is 14.6 Å². The van der Waals surface area contributed by atoms with Gasteiger partial charge in [0, 0.05) is 25.2 Å². The summed E-state index contributed by atoms with van der Waals surface area (Å²) in [5.74, 6) is 0.733. The third kappa shape index (κ3) is 3.99. The Morgan fingerprint density at radius 1 is 1.21 bits per heavy atom. The molecule has 0 aliphatic carbocycles. The molecule has 0 bridgehead atoms. The Balaban J connectivity index is 1.66. The standard InChI is InChI=1S/C23H30N2O3/c1-14-6-7-20(21(26)12-14)23(27)24-18-10-11-25(13-18)17(4)19-8-9-22(28-5)16(3)15(19)2/h6-9,12,17-18,26H,10-11,13H2,1-5H3,(H,24,27)/t17?,18-/m1/s1. The second kappa shape index (κ2) is 8.23. The third-order valence-corrected chi connectivity index (χ3v) is 5.95. The van der Waals surface area contributed by atoms with Gasteiger partial charge in [0.2, 0.25) is 0 Å². The number of ether oxygens (including phenoxy) is 1. The van der Waals surface area contributed by atoms with Crippen LogP contribution in [0, 0.1) is 20.8 Å². The zero-order valence-electron chi connectivity index (χ0n) is 17.4. The van der Waals surface area contributed by atoms with Crippen LogP contribution in [0.2, 0.25) is 0 Å². The van der Waals surface area contributed by atoms with E-state index in [0.29, 0.717) is 5.56 Å². The number of likely N-dealkylation sites (tertiary alicyclic amines) is 1. The van der Waals surface area contributed by atoms with Gasteiger partial charge in [-0.2, -0.15) is 0 Å². The van der Waals surface area contributed by atoms with Gasteiger partial charge >= 0.3 is 0 Å². The molecule has 2 aromatic carbocycles. The summed E-state index contributed by atoms with van der Waals surface area (Å²) >= 11 is 0. The fraction of sp³-hybridized carbons (Fsp3) is 0.435. The number of carbonyl (C=O) groups is 1. The molecule has 0 saturated carbocycles. The predicted molar refractivity (Wildman–Crippen MR) is 111 cm³/mol. The summed E-state index contributed by atoms with van der Waals surface area (Å²) in [6.45, 7) is 10.1. The van der Waals surface area contributed by atoms with Gasteiger partial charge in [-0.15, -0.1) is 0 Å². The van der Waals surface area contributed by atoms with Crippen molar-refractivity contribution in [1.82, 2.24) is 10.2 Å². The minimum Gasteiger partial charge on any atom is -0.507 e. The molecule has 3 rings (SSSR count). The lowest BCUT2D eigenvalue weighted by Crippen LogP contribution is -2.37. The highest BCUT2D eigenvalue weighted by Crippen LogP contribution is 2.32. The molecule has 2 atom stereocenters. The summed E-state index contributed by atoms with van der Waals surface area (Å²) in [6.07, 6.45) is 0.900. The van der Waals surface area contributed by atoms with E-state index in [4.69, 9.17) is 4.74 Å². The Bertz CT molecular complexity index is 878. The van der Waals surface area contributed by atoms with Crippen molar-refractivity contribution in [3.63, 3.8) is 0 Å². The van der Waals surface area contributed by atoms with E-state index < -0.39 is 0 Å². The number of phenols is 1. The van der Waals surface area contributed by atoms with Crippen LogP contribution in [0.4, 0.5) is 0 Å². The third-order valence-electron chi connectivity index (χ3n) is 5.95. The monoisotopic (exact) mass is 382 g/mol. The van der Waals surface area contributed by atoms with Gasteiger partial charge in [-0.25, -0.2) is 0 Å². The van der Waals surface area contributed by atoms with E-state index in [1.165, 1.54) is 16.7 Å². The van der Waals surface area contributed by atoms with Crippen LogP contribution in [0.15, 0.2) is 30.3 Å². The summed E-state index contributed by atoms with van der Waals surface area (Å²) < 4.78 is 5.42. The second-order valence-corrected chi connectivity index (χ2v) is 7.76. The average Bonchev–Trinajstić information content (AvgIpc) is 3.11. The number of hydrogen-bond donors (Lipinski definition) is 2. The number of nitrogens with zero attached hydrogens (tertiary/aromatic N) is 1. The predicted octanol–water partition coefficient (Wildman–Crippen LogP) is 3.89. The normalized spacial score (nSPS) is 18.1. The summed E-state index contributed by atoms with van der Waals surface area (Å²) in [6, 6.07) is 9.65. The van der Waals surface area contributed by atoms with Crippen molar-refractivity contribution in [2.24, 2.45) is 0 Å². The van der Waals surface area contributed by atoms with E-state index in [-0.39, 0.29) is 23.7 Å². The number of amides is 1. The number of aryl methyl sites for hydroxylation is 1. The van der Waals surface area contributed by atoms with E-state index in [1.807, 2.05) is 19.1 Å². The molecule has 0 radical (unpaired) electrons. The maximum absolute atomic E-state index is 12.5. The fourth-order valence-corrected chi connectivity index (χ4v) is 4.04. The zero-order chi connectivity index (χ0) is 20.4. The summed E-state index contributed by atoms with van der Waals surface area (Å²) in [5, 5.41) is 13.1. The summed E-state index contributed by atoms with van der Waals surface area (Å²) in [7, 11) is 1.70. The lowest BCUT2D eigenvalue weighted by molar-refractivity contribution is 0.0934. The molecular weight excluding hydrogens is 352 g/mol. The van der Waals surface area contributed by atoms with Crippen molar-refractivity contribution in [2.75, 3.05) is 20.2 Å². The van der Waals surface area contributed by atoms with Crippen LogP contribution in [0.25, 0.3) is 0 Å². The van der Waals surface area contributed by atoms with E-state index in [9.17, 15) is 9.90 Å². The average molecular weight is 383 g/mol. The highest BCUT2D eigenvalue weighted by molar-refractivity contribution is 5.97. The van der Waals surface area contributed by atoms with E-state index >= 15 is 0 Å². The van der Waals surface area contributed by atoms with Crippen molar-refractivity contribution >= 4 is 5.91 Å². The molecule has 5 nitrogen and oxygen atoms in total. The first kappa shape index (κ1) is 20.2. The Morgan fingerprint density at radius 3 is 2.64 bits per heavy atom. The van der Waals surface area contributed by atoms with Gasteiger partial charge in [-0.1, -0.05) is 12.1 Å². The molecule has 28 heavy (non-hydrogen) atoms. The molecule has 1 aliphatic heterocycles. The lowest BCUT2D eigenvalue weighted by atomic mass is 9.97. The molecule has 1 aliphatic rings. The van der Waals surface area contributed by atoms with Gasteiger partial charge in [-0.3, -0.25) is 9.69 Å². The number of phenolic OH excluding ortho intramolecular Hbond substituents is 1. The second-order valence-electron chi connectivity index (χ2n) is 7.76. The Morgan fingerprint density at radius 2 is 1.96 bits per heavy atom. The molecule has 5 heteroatoms. The van der Waals surface area contributed by atoms with Crippen LogP contribution in [0.5, 0.6) is 11.5 Å². The minimum absolute atomic E-state index is 0.0325. The largest absolute Gasteiger partial charge is 0.507 e. The van der Waals surface area contributed by atoms with Crippen LogP contribution in [0.1, 0.15) is 52.0 Å². The van der Waals surface area contributed by atoms with Gasteiger partial charge < -0.3 is 15.2 Å². The zero-order valence-corrected chi connectivity index (χ0v) is 17.4. The van der Waals surface area contributed by atoms with Crippen LogP contribution in [0.3, 0.4) is 0 Å². The molecule has 1 heterocycles. The Kier molecular flexibility index (Phi) is 5.94. The number of carbonyl (C=O) groups excluding carboxylic acids is 1. The van der Waals surface area contributed by atoms with Gasteiger partial charge in [0.05, 0.1) is 12.7 Å². The summed E-state index contributed by atoms with van der Waals surface area (Å²) in [4.78, 5) is 14.9. The minimum atomic E-state index is -0.214. The number of aromatic hydroxyl groups is 1. The Hall–Kier alpha value is -2.53. The van der Waals surface area contributed by atoms with Gasteiger partial charge in [0.1, 0.15) is 11.5 Å². The topological polar surface area (TPSA) is 61.8 Å². The smallest absolute Gasteiger partial charge is 0.255 e. The molecule has 1 amide bonds. The Labute approximate surface area is 167 Å². The number of methoxy groups -OCH3 is 1. The number of benzene rings is 2. The van der Waals surface area contributed by atoms with Crippen LogP contribution < -0.4 is 10.1 Å². The van der Waals surface area contributed by atoms with Crippen LogP contribution in [-0.4, -0.2) is 42.2 Å². The van der Waals surface area contributed by atoms with Gasteiger partial charge in [-0.05, 0) is 74.6 Å². The van der Waals surface area contributed by atoms with E-state index in [1.54, 1.807) is 19.2 Å². The molecule has 2 aromatic rings. The van der Waals surface area contributed by atoms with Crippen molar-refractivity contribution in [1.29, 1.82) is 0 Å². The molecule has 1 fully saturated rings. The maximum atomic E-state index is 12.5. The number of nitrogens with one attached hydrogen (secondary N) is 1. The highest BCUT2D eigenvalue weighted by Gasteiger charge is 2.29. The van der Waals surface area contributed by atoms with Crippen LogP contribution in [-0.2, 0) is 0 Å². The first-order valence-corrected chi connectivity index (χ1v) is 9.80. The lowest BCUT2D eigenvalue weighted by Gasteiger charge is -2.27. The molecule has 0 spiro atoms. The van der Waals surface area contributed by atoms with Crippen molar-refractivity contribution in [3.8, 4) is 11.5 Å².